The first-order valence-corrected chi connectivity index (χ1v) is 6.66. The highest BCUT2D eigenvalue weighted by Gasteiger charge is 2.43. The van der Waals surface area contributed by atoms with E-state index in [9.17, 15) is 18.7 Å². The van der Waals surface area contributed by atoms with Crippen LogP contribution >= 0.6 is 0 Å². The Morgan fingerprint density at radius 2 is 2.22 bits per heavy atom. The summed E-state index contributed by atoms with van der Waals surface area (Å²) in [7, 11) is 0. The van der Waals surface area contributed by atoms with Crippen molar-refractivity contribution in [2.75, 3.05) is 6.54 Å². The van der Waals surface area contributed by atoms with Crippen LogP contribution in [0.4, 0.5) is 8.78 Å². The summed E-state index contributed by atoms with van der Waals surface area (Å²) in [6.07, 6.45) is 2.35. The predicted octanol–water partition coefficient (Wildman–Crippen LogP) is 3.03. The van der Waals surface area contributed by atoms with Crippen molar-refractivity contribution in [2.24, 2.45) is 17.1 Å². The van der Waals surface area contributed by atoms with E-state index in [-0.39, 0.29) is 31.7 Å². The van der Waals surface area contributed by atoms with Crippen LogP contribution in [-0.4, -0.2) is 23.5 Å². The van der Waals surface area contributed by atoms with E-state index in [1.807, 2.05) is 6.92 Å². The number of carboxylic acid groups (broad SMARTS) is 1. The number of halogens is 2. The second-order valence-corrected chi connectivity index (χ2v) is 5.56. The summed E-state index contributed by atoms with van der Waals surface area (Å²) in [6, 6.07) is 0. The number of hydrogen-bond donors (Lipinski definition) is 2. The summed E-state index contributed by atoms with van der Waals surface area (Å²) in [5.74, 6) is -3.80. The number of aliphatic carboxylic acids is 1. The Hall–Kier alpha value is -0.710. The highest BCUT2D eigenvalue weighted by Crippen LogP contribution is 2.43. The lowest BCUT2D eigenvalue weighted by atomic mass is 9.71. The molecule has 1 fully saturated rings. The molecule has 0 spiro atoms. The van der Waals surface area contributed by atoms with Gasteiger partial charge in [-0.25, -0.2) is 8.78 Å². The Morgan fingerprint density at radius 3 is 2.67 bits per heavy atom. The molecule has 0 aromatic carbocycles. The third-order valence-electron chi connectivity index (χ3n) is 3.99. The first kappa shape index (κ1) is 15.3. The topological polar surface area (TPSA) is 63.3 Å². The molecular formula is C13H23F2NO2. The normalized spacial score (nSPS) is 26.6. The highest BCUT2D eigenvalue weighted by molar-refractivity contribution is 5.75. The number of nitrogens with two attached hydrogens (primary N) is 1. The summed E-state index contributed by atoms with van der Waals surface area (Å²) >= 11 is 0. The first-order valence-electron chi connectivity index (χ1n) is 6.66. The zero-order valence-corrected chi connectivity index (χ0v) is 10.9. The number of alkyl halides is 2. The van der Waals surface area contributed by atoms with Crippen LogP contribution in [0.5, 0.6) is 0 Å². The maximum Gasteiger partial charge on any atom is 0.310 e. The number of carboxylic acids is 1. The van der Waals surface area contributed by atoms with Gasteiger partial charge in [0.05, 0.1) is 5.41 Å². The molecule has 3 N–H and O–H groups in total. The number of rotatable bonds is 6. The van der Waals surface area contributed by atoms with Gasteiger partial charge >= 0.3 is 5.97 Å². The highest BCUT2D eigenvalue weighted by atomic mass is 19.3. The standard InChI is InChI=1S/C13H23F2NO2/c1-2-5-12(9-16,11(17)18)7-10-4-3-6-13(14,15)8-10/h10H,2-9,16H2,1H3,(H,17,18). The molecule has 106 valence electrons. The third-order valence-corrected chi connectivity index (χ3v) is 3.99. The van der Waals surface area contributed by atoms with E-state index >= 15 is 0 Å². The molecule has 0 heterocycles. The van der Waals surface area contributed by atoms with E-state index in [0.717, 1.165) is 0 Å². The largest absolute Gasteiger partial charge is 0.481 e. The van der Waals surface area contributed by atoms with Crippen LogP contribution < -0.4 is 5.73 Å². The molecule has 0 aromatic heterocycles. The summed E-state index contributed by atoms with van der Waals surface area (Å²) in [5, 5.41) is 9.35. The van der Waals surface area contributed by atoms with Crippen LogP contribution in [0.2, 0.25) is 0 Å². The molecule has 0 aromatic rings. The molecule has 18 heavy (non-hydrogen) atoms. The fraction of sp³-hybridized carbons (Fsp3) is 0.923. The van der Waals surface area contributed by atoms with Gasteiger partial charge in [-0.2, -0.15) is 0 Å². The minimum Gasteiger partial charge on any atom is -0.481 e. The summed E-state index contributed by atoms with van der Waals surface area (Å²) in [5.41, 5.74) is 4.59. The van der Waals surface area contributed by atoms with Crippen molar-refractivity contribution in [2.45, 2.75) is 57.8 Å². The Balaban J connectivity index is 2.74. The summed E-state index contributed by atoms with van der Waals surface area (Å²) in [4.78, 5) is 11.4. The molecule has 0 saturated heterocycles. The Kier molecular flexibility index (Phi) is 5.08. The molecule has 2 atom stereocenters. The van der Waals surface area contributed by atoms with E-state index in [4.69, 9.17) is 5.73 Å². The van der Waals surface area contributed by atoms with E-state index in [2.05, 4.69) is 0 Å². The molecule has 0 radical (unpaired) electrons. The van der Waals surface area contributed by atoms with Crippen LogP contribution in [0.1, 0.15) is 51.9 Å². The van der Waals surface area contributed by atoms with E-state index in [0.29, 0.717) is 25.7 Å². The van der Waals surface area contributed by atoms with Gasteiger partial charge in [-0.05, 0) is 31.6 Å². The summed E-state index contributed by atoms with van der Waals surface area (Å²) in [6.45, 7) is 1.92. The Bertz CT molecular complexity index is 297. The maximum absolute atomic E-state index is 13.3. The minimum absolute atomic E-state index is 0.0260. The summed E-state index contributed by atoms with van der Waals surface area (Å²) < 4.78 is 26.7. The quantitative estimate of drug-likeness (QED) is 0.774. The van der Waals surface area contributed by atoms with Crippen LogP contribution in [0.25, 0.3) is 0 Å². The van der Waals surface area contributed by atoms with Crippen molar-refractivity contribution in [1.82, 2.24) is 0 Å². The fourth-order valence-corrected chi connectivity index (χ4v) is 3.05. The second-order valence-electron chi connectivity index (χ2n) is 5.56. The SMILES string of the molecule is CCCC(CN)(CC1CCCC(F)(F)C1)C(=O)O. The molecule has 3 nitrogen and oxygen atoms in total. The fourth-order valence-electron chi connectivity index (χ4n) is 3.05. The zero-order valence-electron chi connectivity index (χ0n) is 10.9. The van der Waals surface area contributed by atoms with Gasteiger partial charge in [0.25, 0.3) is 0 Å². The molecule has 0 aliphatic heterocycles. The van der Waals surface area contributed by atoms with E-state index < -0.39 is 17.3 Å². The van der Waals surface area contributed by atoms with E-state index in [1.165, 1.54) is 0 Å². The molecule has 1 saturated carbocycles. The molecule has 2 unspecified atom stereocenters. The second kappa shape index (κ2) is 5.95. The maximum atomic E-state index is 13.3. The van der Waals surface area contributed by atoms with Crippen molar-refractivity contribution >= 4 is 5.97 Å². The molecule has 1 rings (SSSR count). The predicted molar refractivity (Wildman–Crippen MR) is 65.6 cm³/mol. The third kappa shape index (κ3) is 3.64. The van der Waals surface area contributed by atoms with Gasteiger partial charge in [0.1, 0.15) is 0 Å². The van der Waals surface area contributed by atoms with Gasteiger partial charge in [0.2, 0.25) is 5.92 Å². The average molecular weight is 263 g/mol. The molecular weight excluding hydrogens is 240 g/mol. The van der Waals surface area contributed by atoms with Crippen LogP contribution in [0.3, 0.4) is 0 Å². The first-order chi connectivity index (χ1) is 8.35. The average Bonchev–Trinajstić information content (AvgIpc) is 2.26. The van der Waals surface area contributed by atoms with Gasteiger partial charge < -0.3 is 10.8 Å². The molecule has 1 aliphatic rings. The number of carbonyl (C=O) groups is 1. The lowest BCUT2D eigenvalue weighted by Crippen LogP contribution is -2.41. The Labute approximate surface area is 107 Å². The molecule has 5 heteroatoms. The molecule has 0 amide bonds. The lowest BCUT2D eigenvalue weighted by Gasteiger charge is -2.35. The zero-order chi connectivity index (χ0) is 13.8. The minimum atomic E-state index is -2.63. The van der Waals surface area contributed by atoms with Crippen molar-refractivity contribution < 1.29 is 18.7 Å². The van der Waals surface area contributed by atoms with Crippen molar-refractivity contribution in [3.05, 3.63) is 0 Å². The van der Waals surface area contributed by atoms with Crippen molar-refractivity contribution in [3.63, 3.8) is 0 Å². The van der Waals surface area contributed by atoms with Gasteiger partial charge in [0, 0.05) is 19.4 Å². The van der Waals surface area contributed by atoms with Crippen LogP contribution in [0.15, 0.2) is 0 Å². The van der Waals surface area contributed by atoms with Crippen LogP contribution in [0, 0.1) is 11.3 Å². The number of hydrogen-bond acceptors (Lipinski definition) is 2. The van der Waals surface area contributed by atoms with Crippen LogP contribution in [-0.2, 0) is 4.79 Å². The van der Waals surface area contributed by atoms with Crippen molar-refractivity contribution in [3.8, 4) is 0 Å². The van der Waals surface area contributed by atoms with Gasteiger partial charge in [0.15, 0.2) is 0 Å². The van der Waals surface area contributed by atoms with Gasteiger partial charge in [-0.1, -0.05) is 13.3 Å². The van der Waals surface area contributed by atoms with Gasteiger partial charge in [-0.15, -0.1) is 0 Å². The smallest absolute Gasteiger partial charge is 0.310 e. The lowest BCUT2D eigenvalue weighted by molar-refractivity contribution is -0.151. The monoisotopic (exact) mass is 263 g/mol. The Morgan fingerprint density at radius 1 is 1.56 bits per heavy atom. The van der Waals surface area contributed by atoms with Crippen molar-refractivity contribution in [1.29, 1.82) is 0 Å². The molecule has 0 bridgehead atoms. The van der Waals surface area contributed by atoms with Gasteiger partial charge in [-0.3, -0.25) is 4.79 Å². The van der Waals surface area contributed by atoms with E-state index in [1.54, 1.807) is 0 Å². The molecule has 1 aliphatic carbocycles.